The molecule has 284 valence electrons. The van der Waals surface area contributed by atoms with Crippen molar-refractivity contribution in [2.75, 3.05) is 0 Å². The van der Waals surface area contributed by atoms with Gasteiger partial charge in [-0.05, 0) is 170 Å². The van der Waals surface area contributed by atoms with Crippen LogP contribution >= 0.6 is 0 Å². The molecule has 0 spiro atoms. The molecular weight excluding hydrogens is 721 g/mol. The van der Waals surface area contributed by atoms with Gasteiger partial charge >= 0.3 is 0 Å². The van der Waals surface area contributed by atoms with Crippen LogP contribution in [0, 0.1) is 0 Å². The van der Waals surface area contributed by atoms with E-state index in [4.69, 9.17) is 0 Å². The first-order valence-electron chi connectivity index (χ1n) is 21.3. The lowest BCUT2D eigenvalue weighted by molar-refractivity contribution is 0.660. The molecule has 12 rings (SSSR count). The van der Waals surface area contributed by atoms with Gasteiger partial charge in [0.05, 0.1) is 0 Å². The summed E-state index contributed by atoms with van der Waals surface area (Å²) in [4.78, 5) is 0. The van der Waals surface area contributed by atoms with E-state index in [1.807, 2.05) is 0 Å². The Hall–Kier alpha value is -7.02. The Bertz CT molecular complexity index is 3430. The van der Waals surface area contributed by atoms with E-state index >= 15 is 0 Å². The van der Waals surface area contributed by atoms with Gasteiger partial charge in [0, 0.05) is 10.8 Å². The molecule has 0 atom stereocenters. The third kappa shape index (κ3) is 5.30. The zero-order valence-electron chi connectivity index (χ0n) is 34.5. The molecule has 10 aromatic rings. The van der Waals surface area contributed by atoms with E-state index in [9.17, 15) is 0 Å². The molecule has 0 radical (unpaired) electrons. The third-order valence-electron chi connectivity index (χ3n) is 14.0. The normalized spacial score (nSPS) is 14.3. The number of rotatable bonds is 4. The van der Waals surface area contributed by atoms with Gasteiger partial charge in [-0.2, -0.15) is 0 Å². The number of benzene rings is 10. The summed E-state index contributed by atoms with van der Waals surface area (Å²) in [6.45, 7) is 9.58. The first-order valence-corrected chi connectivity index (χ1v) is 21.3. The largest absolute Gasteiger partial charge is 0.0616 e. The Morgan fingerprint density at radius 2 is 0.433 bits per heavy atom. The van der Waals surface area contributed by atoms with E-state index in [-0.39, 0.29) is 10.8 Å². The summed E-state index contributed by atoms with van der Waals surface area (Å²) in [5.74, 6) is 0. The highest BCUT2D eigenvalue weighted by atomic mass is 14.4. The Labute approximate surface area is 352 Å². The van der Waals surface area contributed by atoms with E-state index in [1.165, 1.54) is 121 Å². The van der Waals surface area contributed by atoms with Gasteiger partial charge in [-0.15, -0.1) is 0 Å². The highest BCUT2D eigenvalue weighted by Crippen LogP contribution is 2.53. The van der Waals surface area contributed by atoms with Gasteiger partial charge < -0.3 is 0 Å². The monoisotopic (exact) mass is 764 g/mol. The molecule has 0 aliphatic heterocycles. The number of fused-ring (bicyclic) bond motifs is 9. The van der Waals surface area contributed by atoms with Crippen LogP contribution in [0.25, 0.3) is 99.1 Å². The summed E-state index contributed by atoms with van der Waals surface area (Å²) in [7, 11) is 0. The maximum atomic E-state index is 2.47. The fourth-order valence-corrected chi connectivity index (χ4v) is 10.5. The lowest BCUT2D eigenvalue weighted by Gasteiger charge is -2.24. The molecule has 10 aromatic carbocycles. The summed E-state index contributed by atoms with van der Waals surface area (Å²) in [5, 5.41) is 7.62. The highest BCUT2D eigenvalue weighted by Gasteiger charge is 2.38. The second-order valence-electron chi connectivity index (χ2n) is 18.2. The lowest BCUT2D eigenvalue weighted by Crippen LogP contribution is -2.15. The second kappa shape index (κ2) is 12.7. The minimum absolute atomic E-state index is 0.113. The van der Waals surface area contributed by atoms with Crippen molar-refractivity contribution in [2.24, 2.45) is 0 Å². The molecule has 60 heavy (non-hydrogen) atoms. The topological polar surface area (TPSA) is 0 Å². The average molecular weight is 765 g/mol. The maximum Gasteiger partial charge on any atom is 0.0159 e. The molecule has 0 bridgehead atoms. The zero-order valence-corrected chi connectivity index (χ0v) is 34.5. The molecule has 0 aromatic heterocycles. The summed E-state index contributed by atoms with van der Waals surface area (Å²) in [5.41, 5.74) is 20.9. The average Bonchev–Trinajstić information content (AvgIpc) is 3.66. The van der Waals surface area contributed by atoms with E-state index < -0.39 is 0 Å². The summed E-state index contributed by atoms with van der Waals surface area (Å²) >= 11 is 0. The molecule has 0 heterocycles. The van der Waals surface area contributed by atoms with E-state index in [1.54, 1.807) is 0 Å². The summed E-state index contributed by atoms with van der Waals surface area (Å²) in [6.07, 6.45) is 0. The van der Waals surface area contributed by atoms with Crippen molar-refractivity contribution in [2.45, 2.75) is 38.5 Å². The van der Waals surface area contributed by atoms with Crippen LogP contribution < -0.4 is 0 Å². The highest BCUT2D eigenvalue weighted by molar-refractivity contribution is 5.95. The lowest BCUT2D eigenvalue weighted by atomic mass is 9.79. The molecule has 0 heteroatoms. The fraction of sp³-hybridized carbons (Fsp3) is 0.100. The standard InChI is InChI=1S/C60H44/c1-59(2)55-33-47(45-16-14-38-10-6-8-12-40(38)30-45)21-25-51(55)53-27-23-49(35-57(53)59)50-24-28-54-52-26-22-48(34-56(52)60(3,4)58(54)36-50)46-20-19-43-31-42(17-18-44(43)32-46)41-15-13-37-9-5-7-11-39(37)29-41/h5-36H,1-4H3. The van der Waals surface area contributed by atoms with Crippen LogP contribution in [-0.4, -0.2) is 0 Å². The number of hydrogen-bond acceptors (Lipinski definition) is 0. The zero-order chi connectivity index (χ0) is 40.3. The Balaban J connectivity index is 0.842. The molecule has 0 saturated heterocycles. The van der Waals surface area contributed by atoms with E-state index in [2.05, 4.69) is 222 Å². The van der Waals surface area contributed by atoms with Crippen LogP contribution in [0.3, 0.4) is 0 Å². The van der Waals surface area contributed by atoms with Gasteiger partial charge in [-0.1, -0.05) is 173 Å². The predicted octanol–water partition coefficient (Wildman–Crippen LogP) is 16.4. The van der Waals surface area contributed by atoms with Crippen molar-refractivity contribution in [3.05, 3.63) is 216 Å². The van der Waals surface area contributed by atoms with Crippen LogP contribution in [0.2, 0.25) is 0 Å². The molecule has 2 aliphatic carbocycles. The molecule has 0 unspecified atom stereocenters. The Morgan fingerprint density at radius 3 is 0.733 bits per heavy atom. The van der Waals surface area contributed by atoms with Crippen LogP contribution in [0.5, 0.6) is 0 Å². The van der Waals surface area contributed by atoms with Gasteiger partial charge in [0.2, 0.25) is 0 Å². The third-order valence-corrected chi connectivity index (χ3v) is 14.0. The summed E-state index contributed by atoms with van der Waals surface area (Å²) < 4.78 is 0. The smallest absolute Gasteiger partial charge is 0.0159 e. The van der Waals surface area contributed by atoms with Crippen molar-refractivity contribution in [1.82, 2.24) is 0 Å². The van der Waals surface area contributed by atoms with Gasteiger partial charge in [0.15, 0.2) is 0 Å². The second-order valence-corrected chi connectivity index (χ2v) is 18.2. The van der Waals surface area contributed by atoms with Crippen LogP contribution in [0.1, 0.15) is 49.9 Å². The van der Waals surface area contributed by atoms with Crippen LogP contribution in [-0.2, 0) is 10.8 Å². The van der Waals surface area contributed by atoms with E-state index in [0.29, 0.717) is 0 Å². The molecule has 0 N–H and O–H groups in total. The Morgan fingerprint density at radius 1 is 0.217 bits per heavy atom. The minimum Gasteiger partial charge on any atom is -0.0616 e. The van der Waals surface area contributed by atoms with E-state index in [0.717, 1.165) is 0 Å². The van der Waals surface area contributed by atoms with Gasteiger partial charge in [-0.3, -0.25) is 0 Å². The van der Waals surface area contributed by atoms with Crippen molar-refractivity contribution in [1.29, 1.82) is 0 Å². The van der Waals surface area contributed by atoms with Crippen LogP contribution in [0.15, 0.2) is 194 Å². The summed E-state index contributed by atoms with van der Waals surface area (Å²) in [6, 6.07) is 73.1. The van der Waals surface area contributed by atoms with Gasteiger partial charge in [0.25, 0.3) is 0 Å². The molecular formula is C60H44. The molecule has 2 aliphatic rings. The van der Waals surface area contributed by atoms with Crippen molar-refractivity contribution >= 4 is 32.3 Å². The van der Waals surface area contributed by atoms with Gasteiger partial charge in [0.1, 0.15) is 0 Å². The van der Waals surface area contributed by atoms with Crippen molar-refractivity contribution in [3.63, 3.8) is 0 Å². The van der Waals surface area contributed by atoms with Gasteiger partial charge in [-0.25, -0.2) is 0 Å². The van der Waals surface area contributed by atoms with Crippen LogP contribution in [0.4, 0.5) is 0 Å². The SMILES string of the molecule is CC1(C)c2cc(-c3ccc4c(c3)C(C)(C)c3cc(-c5ccc6cc(-c7ccc8ccccc8c7)ccc6c5)ccc3-4)ccc2-c2ccc(-c3ccc4ccccc4c3)cc21. The first-order chi connectivity index (χ1) is 29.2. The van der Waals surface area contributed by atoms with Crippen molar-refractivity contribution in [3.8, 4) is 66.8 Å². The predicted molar refractivity (Wildman–Crippen MR) is 256 cm³/mol. The maximum absolute atomic E-state index is 2.47. The fourth-order valence-electron chi connectivity index (χ4n) is 10.5. The Kier molecular flexibility index (Phi) is 7.42. The first kappa shape index (κ1) is 35.0. The molecule has 0 amide bonds. The minimum atomic E-state index is -0.131. The number of hydrogen-bond donors (Lipinski definition) is 0. The quantitative estimate of drug-likeness (QED) is 0.167. The van der Waals surface area contributed by atoms with Crippen molar-refractivity contribution < 1.29 is 0 Å². The molecule has 0 fully saturated rings. The molecule has 0 nitrogen and oxygen atoms in total. The molecule has 0 saturated carbocycles.